The smallest absolute Gasteiger partial charge is 0.338 e. The van der Waals surface area contributed by atoms with Crippen LogP contribution in [-0.4, -0.2) is 106 Å². The molecule has 4 atom stereocenters. The van der Waals surface area contributed by atoms with Crippen LogP contribution in [0.15, 0.2) is 60.7 Å². The van der Waals surface area contributed by atoms with E-state index < -0.39 is 159 Å². The average molecular weight is 929 g/mol. The second-order valence-corrected chi connectivity index (χ2v) is 15.5. The normalized spacial score (nSPS) is 17.3. The first-order valence-corrected chi connectivity index (χ1v) is 19.5. The molecule has 0 saturated carbocycles. The molecule has 4 unspecified atom stereocenters. The van der Waals surface area contributed by atoms with Crippen LogP contribution in [0, 0.1) is 0 Å². The van der Waals surface area contributed by atoms with E-state index in [1.54, 1.807) is 0 Å². The lowest BCUT2D eigenvalue weighted by molar-refractivity contribution is -0.0193. The number of hydrogen-bond donors (Lipinski definition) is 16. The van der Waals surface area contributed by atoms with Gasteiger partial charge in [0.2, 0.25) is 0 Å². The maximum Gasteiger partial charge on any atom is 0.338 e. The summed E-state index contributed by atoms with van der Waals surface area (Å²) in [6.07, 6.45) is -7.64. The van der Waals surface area contributed by atoms with Crippen molar-refractivity contribution in [3.05, 3.63) is 105 Å². The number of carbonyl (C=O) groups is 2. The lowest BCUT2D eigenvalue weighted by atomic mass is 9.88. The van der Waals surface area contributed by atoms with Crippen LogP contribution in [0.4, 0.5) is 0 Å². The van der Waals surface area contributed by atoms with Gasteiger partial charge >= 0.3 is 11.9 Å². The Labute approximate surface area is 373 Å². The Balaban J connectivity index is 1.19. The van der Waals surface area contributed by atoms with E-state index in [0.29, 0.717) is 0 Å². The third kappa shape index (κ3) is 7.87. The summed E-state index contributed by atoms with van der Waals surface area (Å²) in [5, 5.41) is 167. The van der Waals surface area contributed by atoms with Crippen molar-refractivity contribution in [3.8, 4) is 103 Å². The Morgan fingerprint density at radius 2 is 0.791 bits per heavy atom. The molecule has 2 heterocycles. The fourth-order valence-corrected chi connectivity index (χ4v) is 7.84. The van der Waals surface area contributed by atoms with Crippen LogP contribution in [-0.2, 0) is 28.7 Å². The van der Waals surface area contributed by atoms with Gasteiger partial charge < -0.3 is 101 Å². The second kappa shape index (κ2) is 16.3. The molecule has 2 aliphatic heterocycles. The molecule has 0 saturated heterocycles. The van der Waals surface area contributed by atoms with Crippen molar-refractivity contribution < 1.29 is 110 Å². The van der Waals surface area contributed by atoms with E-state index >= 15 is 0 Å². The molecular formula is C45H36O22. The number of phenolic OH excluding ortho intramolecular Hbond substituents is 16. The molecular weight excluding hydrogens is 892 g/mol. The lowest BCUT2D eigenvalue weighted by Gasteiger charge is -2.36. The van der Waals surface area contributed by atoms with Crippen LogP contribution < -0.4 is 9.47 Å². The number of phenols is 16. The van der Waals surface area contributed by atoms with E-state index in [-0.39, 0.29) is 44.9 Å². The maximum absolute atomic E-state index is 13.4. The highest BCUT2D eigenvalue weighted by molar-refractivity contribution is 5.92. The molecule has 6 aromatic rings. The molecule has 2 aliphatic rings. The number of benzene rings is 6. The maximum atomic E-state index is 13.4. The zero-order valence-electron chi connectivity index (χ0n) is 33.8. The van der Waals surface area contributed by atoms with Gasteiger partial charge in [-0.25, -0.2) is 9.59 Å². The Bertz CT molecular complexity index is 2960. The minimum atomic E-state index is -1.57. The van der Waals surface area contributed by atoms with Gasteiger partial charge in [0.1, 0.15) is 46.7 Å². The molecule has 0 amide bonds. The number of aromatic hydroxyl groups is 16. The standard InChI is InChI=1S/C45H36O22/c46-22-12-23(47)20-10-34(65-44(62)16-5-29(53)39(60)30(54)6-16)42(15-3-27(51)38(59)28(52)4-15)67-43(20)19(22)9-18-24(48)13-33-21(36(18)57)11-35(41(64-33)14-1-25(49)37(58)26(50)2-14)66-45(63)17-7-31(55)40(61)32(56)8-17/h1-8,12-13,34-35,41-42,46-61H,9-11H2. The second-order valence-electron chi connectivity index (χ2n) is 15.5. The van der Waals surface area contributed by atoms with Crippen LogP contribution in [0.5, 0.6) is 103 Å². The largest absolute Gasteiger partial charge is 0.507 e. The van der Waals surface area contributed by atoms with E-state index in [0.717, 1.165) is 60.7 Å². The Morgan fingerprint density at radius 1 is 0.418 bits per heavy atom. The van der Waals surface area contributed by atoms with Gasteiger partial charge in [0, 0.05) is 64.8 Å². The van der Waals surface area contributed by atoms with Crippen LogP contribution in [0.2, 0.25) is 0 Å². The third-order valence-electron chi connectivity index (χ3n) is 11.2. The first kappa shape index (κ1) is 44.3. The number of hydrogen-bond acceptors (Lipinski definition) is 22. The van der Waals surface area contributed by atoms with Crippen molar-refractivity contribution in [2.45, 2.75) is 43.7 Å². The minimum Gasteiger partial charge on any atom is -0.507 e. The summed E-state index contributed by atoms with van der Waals surface area (Å²) in [5.41, 5.74) is -2.01. The highest BCUT2D eigenvalue weighted by Crippen LogP contribution is 2.52. The van der Waals surface area contributed by atoms with Gasteiger partial charge in [-0.2, -0.15) is 0 Å². The van der Waals surface area contributed by atoms with Gasteiger partial charge in [0.05, 0.1) is 11.1 Å². The number of ether oxygens (including phenoxy) is 4. The quantitative estimate of drug-likeness (QED) is 0.0744. The molecule has 0 fully saturated rings. The molecule has 0 bridgehead atoms. The molecule has 0 spiro atoms. The molecule has 0 aromatic heterocycles. The predicted octanol–water partition coefficient (Wildman–Crippen LogP) is 4.37. The molecule has 8 rings (SSSR count). The summed E-state index contributed by atoms with van der Waals surface area (Å²) in [7, 11) is 0. The zero-order chi connectivity index (χ0) is 48.5. The van der Waals surface area contributed by atoms with E-state index in [9.17, 15) is 91.3 Å². The van der Waals surface area contributed by atoms with Crippen LogP contribution in [0.25, 0.3) is 0 Å². The summed E-state index contributed by atoms with van der Waals surface area (Å²) in [6, 6.07) is 8.85. The van der Waals surface area contributed by atoms with Crippen molar-refractivity contribution in [1.29, 1.82) is 0 Å². The Morgan fingerprint density at radius 3 is 1.22 bits per heavy atom. The zero-order valence-corrected chi connectivity index (χ0v) is 33.8. The van der Waals surface area contributed by atoms with Gasteiger partial charge in [-0.1, -0.05) is 0 Å². The monoisotopic (exact) mass is 928 g/mol. The highest BCUT2D eigenvalue weighted by atomic mass is 16.6. The minimum absolute atomic E-state index is 0.0957. The molecule has 348 valence electrons. The predicted molar refractivity (Wildman–Crippen MR) is 221 cm³/mol. The molecule has 6 aromatic carbocycles. The first-order valence-electron chi connectivity index (χ1n) is 19.5. The van der Waals surface area contributed by atoms with Gasteiger partial charge in [-0.05, 0) is 48.5 Å². The van der Waals surface area contributed by atoms with Gasteiger partial charge in [0.15, 0.2) is 81.2 Å². The number of fused-ring (bicyclic) bond motifs is 2. The highest BCUT2D eigenvalue weighted by Gasteiger charge is 2.41. The number of rotatable bonds is 8. The van der Waals surface area contributed by atoms with E-state index in [1.165, 1.54) is 0 Å². The molecule has 0 aliphatic carbocycles. The van der Waals surface area contributed by atoms with Gasteiger partial charge in [-0.15, -0.1) is 0 Å². The lowest BCUT2D eigenvalue weighted by Crippen LogP contribution is -2.35. The van der Waals surface area contributed by atoms with Gasteiger partial charge in [0.25, 0.3) is 0 Å². The number of esters is 2. The van der Waals surface area contributed by atoms with Crippen LogP contribution in [0.3, 0.4) is 0 Å². The van der Waals surface area contributed by atoms with Crippen molar-refractivity contribution in [1.82, 2.24) is 0 Å². The van der Waals surface area contributed by atoms with E-state index in [4.69, 9.17) is 18.9 Å². The average Bonchev–Trinajstić information content (AvgIpc) is 3.27. The summed E-state index contributed by atoms with van der Waals surface area (Å²) in [4.78, 5) is 26.9. The van der Waals surface area contributed by atoms with Crippen molar-refractivity contribution in [2.24, 2.45) is 0 Å². The van der Waals surface area contributed by atoms with Crippen molar-refractivity contribution in [2.75, 3.05) is 0 Å². The fourth-order valence-electron chi connectivity index (χ4n) is 7.84. The van der Waals surface area contributed by atoms with Crippen LogP contribution >= 0.6 is 0 Å². The van der Waals surface area contributed by atoms with Crippen molar-refractivity contribution in [3.63, 3.8) is 0 Å². The molecule has 0 radical (unpaired) electrons. The summed E-state index contributed by atoms with van der Waals surface area (Å²) in [6.45, 7) is 0. The van der Waals surface area contributed by atoms with E-state index in [2.05, 4.69) is 0 Å². The summed E-state index contributed by atoms with van der Waals surface area (Å²) < 4.78 is 23.7. The molecule has 22 nitrogen and oxygen atoms in total. The van der Waals surface area contributed by atoms with Crippen molar-refractivity contribution >= 4 is 11.9 Å². The van der Waals surface area contributed by atoms with E-state index in [1.807, 2.05) is 0 Å². The molecule has 16 N–H and O–H groups in total. The third-order valence-corrected chi connectivity index (χ3v) is 11.2. The SMILES string of the molecule is O=C(OC1Cc2c(cc(O)c(Cc3c(O)cc(O)c4c3OC(c3cc(O)c(O)c(O)c3)C(OC(=O)c3cc(O)c(O)c(O)c3)C4)c2O)OC1c1cc(O)c(O)c(O)c1)c1cc(O)c(O)c(O)c1. The van der Waals surface area contributed by atoms with Gasteiger partial charge in [-0.3, -0.25) is 0 Å². The number of carbonyl (C=O) groups excluding carboxylic acids is 2. The summed E-state index contributed by atoms with van der Waals surface area (Å²) in [5.74, 6) is -16.2. The molecule has 22 heteroatoms. The Hall–Kier alpha value is -9.34. The molecule has 67 heavy (non-hydrogen) atoms. The summed E-state index contributed by atoms with van der Waals surface area (Å²) >= 11 is 0. The topological polar surface area (TPSA) is 395 Å². The fraction of sp³-hybridized carbons (Fsp3) is 0.156. The Kier molecular flexibility index (Phi) is 10.8. The first-order chi connectivity index (χ1) is 31.6. The van der Waals surface area contributed by atoms with Crippen LogP contribution in [0.1, 0.15) is 66.3 Å².